The molecule has 12 nitrogen and oxygen atoms in total. The first-order valence-electron chi connectivity index (χ1n) is 15.9. The van der Waals surface area contributed by atoms with Crippen molar-refractivity contribution in [1.29, 1.82) is 0 Å². The zero-order chi connectivity index (χ0) is 33.6. The average molecular weight is 667 g/mol. The van der Waals surface area contributed by atoms with Gasteiger partial charge in [-0.25, -0.2) is 0 Å². The Hall–Kier alpha value is -1.54. The molecule has 0 radical (unpaired) electrons. The van der Waals surface area contributed by atoms with E-state index < -0.39 is 24.0 Å². The number of rotatable bonds is 28. The summed E-state index contributed by atoms with van der Waals surface area (Å²) in [6.45, 7) is 13.0. The number of unbranched alkanes of at least 4 members (excludes halogenated alkanes) is 6. The Morgan fingerprint density at radius 2 is 1.29 bits per heavy atom. The van der Waals surface area contributed by atoms with Gasteiger partial charge in [0.1, 0.15) is 6.04 Å². The summed E-state index contributed by atoms with van der Waals surface area (Å²) in [7, 11) is 0. The molecule has 4 N–H and O–H groups in total. The maximum absolute atomic E-state index is 11.7. The third-order valence-electron chi connectivity index (χ3n) is 7.01. The van der Waals surface area contributed by atoms with Crippen molar-refractivity contribution in [3.8, 4) is 0 Å². The van der Waals surface area contributed by atoms with Gasteiger partial charge < -0.3 is 40.6 Å². The Balaban J connectivity index is -0.000000767. The predicted octanol–water partition coefficient (Wildman–Crippen LogP) is 0.720. The molecule has 2 atom stereocenters. The summed E-state index contributed by atoms with van der Waals surface area (Å²) in [5.74, 6) is -2.19. The van der Waals surface area contributed by atoms with Gasteiger partial charge in [0.25, 0.3) is 0 Å². The molecule has 0 aromatic heterocycles. The van der Waals surface area contributed by atoms with Crippen LogP contribution < -0.4 is 15.5 Å². The van der Waals surface area contributed by atoms with Crippen molar-refractivity contribution in [2.75, 3.05) is 52.5 Å². The van der Waals surface area contributed by atoms with Crippen molar-refractivity contribution >= 4 is 61.5 Å². The zero-order valence-corrected chi connectivity index (χ0v) is 30.0. The molecule has 0 bridgehead atoms. The van der Waals surface area contributed by atoms with Crippen LogP contribution in [-0.2, 0) is 14.4 Å². The Morgan fingerprint density at radius 3 is 1.76 bits per heavy atom. The maximum Gasteiger partial charge on any atom is 2.00 e. The number of carbonyl (C=O) groups is 3. The van der Waals surface area contributed by atoms with Crippen molar-refractivity contribution in [2.24, 2.45) is 4.99 Å². The van der Waals surface area contributed by atoms with Gasteiger partial charge in [-0.1, -0.05) is 25.0 Å². The molecule has 0 aromatic carbocycles. The molecule has 45 heavy (non-hydrogen) atoms. The van der Waals surface area contributed by atoms with Crippen LogP contribution in [0.4, 0.5) is 0 Å². The van der Waals surface area contributed by atoms with E-state index in [9.17, 15) is 24.6 Å². The van der Waals surface area contributed by atoms with Crippen LogP contribution in [0.25, 0.3) is 0 Å². The Morgan fingerprint density at radius 1 is 0.778 bits per heavy atom. The van der Waals surface area contributed by atoms with Gasteiger partial charge in [-0.2, -0.15) is 0 Å². The smallest absolute Gasteiger partial charge is 0.862 e. The Kier molecular flexibility index (Phi) is 36.0. The van der Waals surface area contributed by atoms with Crippen molar-refractivity contribution in [1.82, 2.24) is 15.1 Å². The minimum absolute atomic E-state index is 0. The molecule has 256 valence electrons. The first-order valence-corrected chi connectivity index (χ1v) is 15.9. The number of hydrogen-bond donors (Lipinski definition) is 4. The Bertz CT molecular complexity index is 816. The molecular weight excluding hydrogens is 608 g/mol. The van der Waals surface area contributed by atoms with Crippen LogP contribution in [0.1, 0.15) is 90.9 Å². The summed E-state index contributed by atoms with van der Waals surface area (Å²) in [5.41, 5.74) is 0. The number of allylic oxidation sites excluding steroid dienone is 2. The summed E-state index contributed by atoms with van der Waals surface area (Å²) in [6.07, 6.45) is 13.4. The molecule has 0 saturated carbocycles. The second kappa shape index (κ2) is 33.8. The molecule has 0 aliphatic heterocycles. The monoisotopic (exact) mass is 666 g/mol. The van der Waals surface area contributed by atoms with Gasteiger partial charge in [0.15, 0.2) is 0 Å². The molecule has 0 spiro atoms. The number of aliphatic hydroxyl groups excluding tert-OH is 2. The minimum Gasteiger partial charge on any atom is -0.862 e. The summed E-state index contributed by atoms with van der Waals surface area (Å²) >= 11 is 0. The summed E-state index contributed by atoms with van der Waals surface area (Å²) in [5, 5.41) is 52.1. The minimum atomic E-state index is -1.16. The van der Waals surface area contributed by atoms with E-state index in [2.05, 4.69) is 23.5 Å². The van der Waals surface area contributed by atoms with Gasteiger partial charge in [-0.15, -0.1) is 13.2 Å². The molecule has 0 aromatic rings. The number of carbonyl (C=O) groups excluding carboxylic acids is 2. The molecule has 2 unspecified atom stereocenters. The maximum atomic E-state index is 11.7. The number of nitrogens with one attached hydrogen (secondary N) is 1. The van der Waals surface area contributed by atoms with E-state index in [0.717, 1.165) is 51.4 Å². The Labute approximate surface area is 300 Å². The number of aliphatic hydroxyl groups is 2. The van der Waals surface area contributed by atoms with Crippen molar-refractivity contribution in [2.45, 2.75) is 103 Å². The number of carboxylic acids is 2. The standard InChI is InChI=1S/2C16H30N2O4.Ca/c2*1-3-4-5-6-7-9-15(20)17-10-12-18(11-8-13-19)14(2)16(21)22;/h2*3,14,19H,1,4-13H2,2H3,(H,17,20)(H,21,22);/q;;+2/p-2. The largest absolute Gasteiger partial charge is 2.00 e. The molecule has 1 amide bonds. The van der Waals surface area contributed by atoms with Crippen LogP contribution in [0.15, 0.2) is 30.3 Å². The van der Waals surface area contributed by atoms with Crippen molar-refractivity contribution in [3.63, 3.8) is 0 Å². The molecule has 0 fully saturated rings. The van der Waals surface area contributed by atoms with E-state index >= 15 is 0 Å². The molecule has 0 aliphatic carbocycles. The molecule has 13 heteroatoms. The fourth-order valence-corrected chi connectivity index (χ4v) is 4.15. The first kappa shape index (κ1) is 47.9. The number of nitrogens with zero attached hydrogens (tertiary/aromatic N) is 3. The summed E-state index contributed by atoms with van der Waals surface area (Å²) < 4.78 is 0. The first-order chi connectivity index (χ1) is 21.0. The molecule has 0 rings (SSSR count). The van der Waals surface area contributed by atoms with Crippen LogP contribution in [-0.4, -0.2) is 151 Å². The van der Waals surface area contributed by atoms with E-state index in [1.165, 1.54) is 6.92 Å². The summed E-state index contributed by atoms with van der Waals surface area (Å²) in [6, 6.07) is -1.38. The van der Waals surface area contributed by atoms with Crippen LogP contribution in [0.3, 0.4) is 0 Å². The molecule has 0 aliphatic rings. The molecular formula is C32H58CaN4O8. The van der Waals surface area contributed by atoms with Crippen LogP contribution >= 0.6 is 0 Å². The zero-order valence-electron chi connectivity index (χ0n) is 27.8. The van der Waals surface area contributed by atoms with Crippen molar-refractivity contribution in [3.05, 3.63) is 25.3 Å². The van der Waals surface area contributed by atoms with E-state index in [1.54, 1.807) is 16.7 Å². The molecule has 0 heterocycles. The topological polar surface area (TPSA) is 189 Å². The third-order valence-corrected chi connectivity index (χ3v) is 7.01. The fraction of sp³-hybridized carbons (Fsp3) is 0.750. The SMILES string of the molecule is C=CCCCCCC(=O)NCCN(CCCO)C(C)C(=O)O.C=CCCCCCC([O-])=NCCN(CCCO)C(C)C(=O)[O-].[Ca+2]. The fourth-order valence-electron chi connectivity index (χ4n) is 4.15. The van der Waals surface area contributed by atoms with Gasteiger partial charge in [0, 0.05) is 58.4 Å². The van der Waals surface area contributed by atoms with Crippen LogP contribution in [0, 0.1) is 0 Å². The number of hydrogen-bond acceptors (Lipinski definition) is 10. The van der Waals surface area contributed by atoms with E-state index in [1.807, 2.05) is 12.2 Å². The number of aliphatic imine (C=N–C) groups is 1. The number of amides is 1. The quantitative estimate of drug-likeness (QED) is 0.0305. The van der Waals surface area contributed by atoms with E-state index in [-0.39, 0.29) is 69.3 Å². The van der Waals surface area contributed by atoms with Gasteiger partial charge in [-0.05, 0) is 77.5 Å². The third kappa shape index (κ3) is 29.6. The number of carboxylic acid groups (broad SMARTS) is 2. The van der Waals surface area contributed by atoms with E-state index in [0.29, 0.717) is 58.4 Å². The number of aliphatic carboxylic acids is 2. The second-order valence-electron chi connectivity index (χ2n) is 10.6. The van der Waals surface area contributed by atoms with Gasteiger partial charge >= 0.3 is 43.7 Å². The molecule has 0 saturated heterocycles. The van der Waals surface area contributed by atoms with Gasteiger partial charge in [0.2, 0.25) is 5.91 Å². The van der Waals surface area contributed by atoms with Gasteiger partial charge in [0.05, 0.1) is 12.5 Å². The normalized spacial score (nSPS) is 12.4. The summed E-state index contributed by atoms with van der Waals surface area (Å²) in [4.78, 5) is 41.0. The average Bonchev–Trinajstić information content (AvgIpc) is 2.99. The van der Waals surface area contributed by atoms with Gasteiger partial charge in [-0.3, -0.25) is 19.4 Å². The van der Waals surface area contributed by atoms with E-state index in [4.69, 9.17) is 15.3 Å². The van der Waals surface area contributed by atoms with Crippen LogP contribution in [0.2, 0.25) is 0 Å². The van der Waals surface area contributed by atoms with Crippen LogP contribution in [0.5, 0.6) is 0 Å². The van der Waals surface area contributed by atoms with Crippen molar-refractivity contribution < 1.29 is 39.9 Å². The second-order valence-corrected chi connectivity index (χ2v) is 10.6. The predicted molar refractivity (Wildman–Crippen MR) is 176 cm³/mol.